The number of aromatic nitrogens is 1. The summed E-state index contributed by atoms with van der Waals surface area (Å²) in [6.45, 7) is 6.05. The van der Waals surface area contributed by atoms with Crippen LogP contribution in [0, 0.1) is 11.3 Å². The molecule has 0 radical (unpaired) electrons. The number of ether oxygens (including phenoxy) is 1. The molecule has 2 aliphatic heterocycles. The standard InChI is InChI=1S/C16H23N3O2.C2HF3O2/c1-13-11-19(14-5-3-4-7-17-14)12-16(13)6-8-18(15(16)20)9-10-21-2;3-2(4,5)1(6)7/h3-5,7,13H,6,8-12H2,1-2H3;(H,6,7)/t13-,16-;/m1./s1. The van der Waals surface area contributed by atoms with Crippen LogP contribution in [0.15, 0.2) is 24.4 Å². The van der Waals surface area contributed by atoms with Crippen molar-refractivity contribution in [3.63, 3.8) is 0 Å². The largest absolute Gasteiger partial charge is 0.490 e. The number of aliphatic carboxylic acids is 1. The summed E-state index contributed by atoms with van der Waals surface area (Å²) in [5.41, 5.74) is -0.231. The SMILES string of the molecule is COCCN1CC[C@]2(CN(c3ccccn3)C[C@H]2C)C1=O.O=C(O)C(F)(F)F. The van der Waals surface area contributed by atoms with Gasteiger partial charge in [0.05, 0.1) is 12.0 Å². The van der Waals surface area contributed by atoms with Gasteiger partial charge in [-0.2, -0.15) is 13.2 Å². The summed E-state index contributed by atoms with van der Waals surface area (Å²) in [5, 5.41) is 7.12. The Labute approximate surface area is 161 Å². The number of hydrogen-bond acceptors (Lipinski definition) is 5. The zero-order chi connectivity index (χ0) is 20.9. The fourth-order valence-corrected chi connectivity index (χ4v) is 3.66. The molecular formula is C18H24F3N3O4. The van der Waals surface area contributed by atoms with Gasteiger partial charge in [0.1, 0.15) is 5.82 Å². The van der Waals surface area contributed by atoms with Crippen LogP contribution in [0.1, 0.15) is 13.3 Å². The van der Waals surface area contributed by atoms with Crippen LogP contribution in [0.2, 0.25) is 0 Å². The van der Waals surface area contributed by atoms with Crippen LogP contribution in [0.4, 0.5) is 19.0 Å². The molecule has 10 heteroatoms. The third-order valence-electron chi connectivity index (χ3n) is 5.23. The van der Waals surface area contributed by atoms with Gasteiger partial charge < -0.3 is 19.6 Å². The molecular weight excluding hydrogens is 379 g/mol. The number of halogens is 3. The lowest BCUT2D eigenvalue weighted by Crippen LogP contribution is -2.40. The molecule has 0 saturated carbocycles. The van der Waals surface area contributed by atoms with E-state index >= 15 is 0 Å². The maximum atomic E-state index is 12.8. The molecule has 1 N–H and O–H groups in total. The van der Waals surface area contributed by atoms with Crippen molar-refractivity contribution in [3.8, 4) is 0 Å². The first-order valence-corrected chi connectivity index (χ1v) is 8.86. The minimum Gasteiger partial charge on any atom is -0.475 e. The minimum atomic E-state index is -5.08. The van der Waals surface area contributed by atoms with Crippen molar-refractivity contribution in [1.82, 2.24) is 9.88 Å². The van der Waals surface area contributed by atoms with Crippen LogP contribution in [-0.4, -0.2) is 72.9 Å². The van der Waals surface area contributed by atoms with Crippen molar-refractivity contribution in [1.29, 1.82) is 0 Å². The Kier molecular flexibility index (Phi) is 6.87. The molecule has 0 unspecified atom stereocenters. The van der Waals surface area contributed by atoms with Gasteiger partial charge in [-0.05, 0) is 24.5 Å². The number of methoxy groups -OCH3 is 1. The maximum absolute atomic E-state index is 12.8. The summed E-state index contributed by atoms with van der Waals surface area (Å²) in [4.78, 5) is 30.4. The normalized spacial score (nSPS) is 24.5. The second-order valence-corrected chi connectivity index (χ2v) is 6.96. The lowest BCUT2D eigenvalue weighted by Gasteiger charge is -2.26. The number of amides is 1. The Bertz CT molecular complexity index is 686. The summed E-state index contributed by atoms with van der Waals surface area (Å²) in [7, 11) is 1.68. The number of carboxylic acids is 1. The van der Waals surface area contributed by atoms with Crippen molar-refractivity contribution in [2.75, 3.05) is 44.8 Å². The van der Waals surface area contributed by atoms with Crippen molar-refractivity contribution in [2.45, 2.75) is 19.5 Å². The van der Waals surface area contributed by atoms with E-state index in [1.54, 1.807) is 7.11 Å². The monoisotopic (exact) mass is 403 g/mol. The number of hydrogen-bond donors (Lipinski definition) is 1. The number of carbonyl (C=O) groups excluding carboxylic acids is 1. The Morgan fingerprint density at radius 2 is 2.11 bits per heavy atom. The van der Waals surface area contributed by atoms with Gasteiger partial charge in [0.15, 0.2) is 0 Å². The Morgan fingerprint density at radius 3 is 2.64 bits per heavy atom. The zero-order valence-electron chi connectivity index (χ0n) is 15.8. The van der Waals surface area contributed by atoms with E-state index in [9.17, 15) is 18.0 Å². The summed E-state index contributed by atoms with van der Waals surface area (Å²) in [6.07, 6.45) is -2.33. The highest BCUT2D eigenvalue weighted by atomic mass is 19.4. The van der Waals surface area contributed by atoms with Crippen LogP contribution in [0.3, 0.4) is 0 Å². The number of pyridine rings is 1. The van der Waals surface area contributed by atoms with E-state index in [1.807, 2.05) is 29.3 Å². The Balaban J connectivity index is 0.000000345. The first-order chi connectivity index (χ1) is 13.1. The Morgan fingerprint density at radius 1 is 1.43 bits per heavy atom. The molecule has 2 aliphatic rings. The van der Waals surface area contributed by atoms with Crippen molar-refractivity contribution >= 4 is 17.7 Å². The molecule has 1 amide bonds. The third kappa shape index (κ3) is 4.73. The molecule has 2 atom stereocenters. The van der Waals surface area contributed by atoms with E-state index in [4.69, 9.17) is 14.6 Å². The molecule has 3 rings (SSSR count). The first kappa shape index (κ1) is 21.9. The van der Waals surface area contributed by atoms with Crippen molar-refractivity contribution in [2.24, 2.45) is 11.3 Å². The molecule has 1 spiro atoms. The second-order valence-electron chi connectivity index (χ2n) is 6.96. The van der Waals surface area contributed by atoms with E-state index in [0.29, 0.717) is 25.0 Å². The van der Waals surface area contributed by atoms with Gasteiger partial charge in [-0.25, -0.2) is 9.78 Å². The molecule has 2 saturated heterocycles. The molecule has 0 aromatic carbocycles. The molecule has 3 heterocycles. The summed E-state index contributed by atoms with van der Waals surface area (Å²) in [5.74, 6) is -1.12. The smallest absolute Gasteiger partial charge is 0.475 e. The number of carbonyl (C=O) groups is 2. The van der Waals surface area contributed by atoms with E-state index < -0.39 is 12.1 Å². The first-order valence-electron chi connectivity index (χ1n) is 8.86. The van der Waals surface area contributed by atoms with Crippen molar-refractivity contribution in [3.05, 3.63) is 24.4 Å². The minimum absolute atomic E-state index is 0.231. The molecule has 156 valence electrons. The van der Waals surface area contributed by atoms with Gasteiger partial charge >= 0.3 is 12.1 Å². The van der Waals surface area contributed by atoms with E-state index in [0.717, 1.165) is 31.9 Å². The molecule has 1 aromatic rings. The number of carboxylic acid groups (broad SMARTS) is 1. The quantitative estimate of drug-likeness (QED) is 0.829. The molecule has 7 nitrogen and oxygen atoms in total. The average molecular weight is 403 g/mol. The van der Waals surface area contributed by atoms with E-state index in [-0.39, 0.29) is 5.41 Å². The van der Waals surface area contributed by atoms with Gasteiger partial charge in [0.25, 0.3) is 0 Å². The van der Waals surface area contributed by atoms with Crippen molar-refractivity contribution < 1.29 is 32.6 Å². The van der Waals surface area contributed by atoms with Gasteiger partial charge in [0.2, 0.25) is 5.91 Å². The van der Waals surface area contributed by atoms with Crippen LogP contribution >= 0.6 is 0 Å². The van der Waals surface area contributed by atoms with Gasteiger partial charge in [-0.3, -0.25) is 4.79 Å². The number of nitrogens with zero attached hydrogens (tertiary/aromatic N) is 3. The highest BCUT2D eigenvalue weighted by Crippen LogP contribution is 2.45. The summed E-state index contributed by atoms with van der Waals surface area (Å²) >= 11 is 0. The predicted octanol–water partition coefficient (Wildman–Crippen LogP) is 2.04. The van der Waals surface area contributed by atoms with Crippen LogP contribution in [-0.2, 0) is 14.3 Å². The molecule has 28 heavy (non-hydrogen) atoms. The number of likely N-dealkylation sites (tertiary alicyclic amines) is 1. The summed E-state index contributed by atoms with van der Waals surface area (Å²) in [6, 6.07) is 5.94. The topological polar surface area (TPSA) is 83.0 Å². The molecule has 2 fully saturated rings. The second kappa shape index (κ2) is 8.76. The molecule has 1 aromatic heterocycles. The zero-order valence-corrected chi connectivity index (χ0v) is 15.8. The van der Waals surface area contributed by atoms with Crippen LogP contribution in [0.5, 0.6) is 0 Å². The molecule has 0 bridgehead atoms. The van der Waals surface area contributed by atoms with Crippen LogP contribution < -0.4 is 4.90 Å². The molecule has 0 aliphatic carbocycles. The maximum Gasteiger partial charge on any atom is 0.490 e. The predicted molar refractivity (Wildman–Crippen MR) is 94.8 cm³/mol. The van der Waals surface area contributed by atoms with Gasteiger partial charge in [0, 0.05) is 39.5 Å². The van der Waals surface area contributed by atoms with E-state index in [2.05, 4.69) is 16.8 Å². The highest BCUT2D eigenvalue weighted by Gasteiger charge is 2.55. The van der Waals surface area contributed by atoms with Crippen LogP contribution in [0.25, 0.3) is 0 Å². The number of rotatable bonds is 4. The third-order valence-corrected chi connectivity index (χ3v) is 5.23. The number of anilines is 1. The Hall–Kier alpha value is -2.36. The van der Waals surface area contributed by atoms with Gasteiger partial charge in [-0.15, -0.1) is 0 Å². The fourth-order valence-electron chi connectivity index (χ4n) is 3.66. The average Bonchev–Trinajstić information content (AvgIpc) is 3.15. The fraction of sp³-hybridized carbons (Fsp3) is 0.611. The van der Waals surface area contributed by atoms with Gasteiger partial charge in [-0.1, -0.05) is 13.0 Å². The van der Waals surface area contributed by atoms with E-state index in [1.165, 1.54) is 0 Å². The summed E-state index contributed by atoms with van der Waals surface area (Å²) < 4.78 is 36.8. The highest BCUT2D eigenvalue weighted by molar-refractivity contribution is 5.86. The number of alkyl halides is 3. The lowest BCUT2D eigenvalue weighted by atomic mass is 9.78. The lowest BCUT2D eigenvalue weighted by molar-refractivity contribution is -0.192.